The summed E-state index contributed by atoms with van der Waals surface area (Å²) in [6.45, 7) is 0. The first kappa shape index (κ1) is 16.5. The highest BCUT2D eigenvalue weighted by molar-refractivity contribution is 5.98. The molecule has 0 N–H and O–H groups in total. The molecule has 0 fully saturated rings. The Morgan fingerprint density at radius 2 is 2.00 bits per heavy atom. The van der Waals surface area contributed by atoms with Crippen LogP contribution >= 0.6 is 0 Å². The average molecular weight is 362 g/mol. The number of benzene rings is 1. The Balaban J connectivity index is 1.84. The molecule has 2 heterocycles. The van der Waals surface area contributed by atoms with E-state index >= 15 is 0 Å². The van der Waals surface area contributed by atoms with Crippen LogP contribution in [-0.2, 0) is 12.6 Å². The number of hydrogen-bond donors (Lipinski definition) is 0. The molecule has 0 spiro atoms. The van der Waals surface area contributed by atoms with Crippen LogP contribution in [0.2, 0.25) is 0 Å². The quantitative estimate of drug-likeness (QED) is 0.701. The van der Waals surface area contributed by atoms with Crippen LogP contribution in [0.5, 0.6) is 5.75 Å². The molecular formula is C17H13F3N4O2. The number of methoxy groups -OCH3 is 1. The van der Waals surface area contributed by atoms with E-state index in [-0.39, 0.29) is 29.5 Å². The number of ether oxygens (including phenoxy) is 1. The highest BCUT2D eigenvalue weighted by Gasteiger charge is 2.38. The minimum Gasteiger partial charge on any atom is -0.496 e. The number of fused-ring (bicyclic) bond motifs is 3. The second-order valence-electron chi connectivity index (χ2n) is 6.03. The molecule has 6 nitrogen and oxygen atoms in total. The fraction of sp³-hybridized carbons (Fsp3) is 0.294. The molecule has 4 rings (SSSR count). The van der Waals surface area contributed by atoms with Crippen LogP contribution in [0.25, 0.3) is 5.78 Å². The van der Waals surface area contributed by atoms with Crippen LogP contribution in [0.15, 0.2) is 30.5 Å². The van der Waals surface area contributed by atoms with Crippen molar-refractivity contribution in [3.8, 4) is 5.75 Å². The van der Waals surface area contributed by atoms with E-state index in [0.717, 1.165) is 10.1 Å². The molecule has 3 aromatic rings. The number of hydrogen-bond acceptors (Lipinski definition) is 5. The number of halogens is 3. The van der Waals surface area contributed by atoms with Crippen molar-refractivity contribution in [2.24, 2.45) is 0 Å². The third-order valence-electron chi connectivity index (χ3n) is 4.47. The summed E-state index contributed by atoms with van der Waals surface area (Å²) in [5.41, 5.74) is 1.49. The number of Topliss-reactive ketones (excluding diaryl/α,β-unsaturated/α-hetero) is 1. The van der Waals surface area contributed by atoms with Gasteiger partial charge in [0.2, 0.25) is 0 Å². The highest BCUT2D eigenvalue weighted by atomic mass is 19.4. The summed E-state index contributed by atoms with van der Waals surface area (Å²) in [5.74, 6) is -1.24. The van der Waals surface area contributed by atoms with Crippen molar-refractivity contribution in [3.63, 3.8) is 0 Å². The van der Waals surface area contributed by atoms with Gasteiger partial charge in [-0.05, 0) is 18.1 Å². The number of rotatable bonds is 2. The van der Waals surface area contributed by atoms with Gasteiger partial charge in [0.15, 0.2) is 5.78 Å². The molecular weight excluding hydrogens is 349 g/mol. The van der Waals surface area contributed by atoms with Crippen LogP contribution in [0, 0.1) is 0 Å². The maximum absolute atomic E-state index is 12.9. The summed E-state index contributed by atoms with van der Waals surface area (Å²) in [5, 5.41) is 3.54. The molecule has 2 aromatic heterocycles. The number of ketones is 1. The largest absolute Gasteiger partial charge is 0.496 e. The van der Waals surface area contributed by atoms with Crippen molar-refractivity contribution >= 4 is 11.6 Å². The smallest absolute Gasteiger partial charge is 0.453 e. The Labute approximate surface area is 145 Å². The monoisotopic (exact) mass is 362 g/mol. The molecule has 0 saturated carbocycles. The number of aromatic nitrogens is 4. The summed E-state index contributed by atoms with van der Waals surface area (Å²) >= 11 is 0. The normalized spacial score (nSPS) is 17.4. The molecule has 1 aliphatic rings. The van der Waals surface area contributed by atoms with Gasteiger partial charge < -0.3 is 4.74 Å². The van der Waals surface area contributed by atoms with Gasteiger partial charge in [0.1, 0.15) is 5.75 Å². The molecule has 134 valence electrons. The second kappa shape index (κ2) is 5.79. The van der Waals surface area contributed by atoms with Crippen molar-refractivity contribution < 1.29 is 22.7 Å². The van der Waals surface area contributed by atoms with E-state index in [9.17, 15) is 18.0 Å². The highest BCUT2D eigenvalue weighted by Crippen LogP contribution is 2.37. The van der Waals surface area contributed by atoms with Crippen LogP contribution in [-0.4, -0.2) is 32.5 Å². The lowest BCUT2D eigenvalue weighted by Crippen LogP contribution is -2.23. The van der Waals surface area contributed by atoms with E-state index in [4.69, 9.17) is 4.74 Å². The van der Waals surface area contributed by atoms with Gasteiger partial charge in [0, 0.05) is 18.5 Å². The number of nitrogens with zero attached hydrogens (tertiary/aromatic N) is 4. The minimum atomic E-state index is -4.68. The Hall–Kier alpha value is -2.97. The van der Waals surface area contributed by atoms with Crippen molar-refractivity contribution in [2.75, 3.05) is 7.11 Å². The second-order valence-corrected chi connectivity index (χ2v) is 6.03. The Kier molecular flexibility index (Phi) is 3.67. The molecule has 1 aromatic carbocycles. The van der Waals surface area contributed by atoms with Gasteiger partial charge in [0.25, 0.3) is 11.6 Å². The number of carbonyl (C=O) groups excluding carboxylic acids is 1. The van der Waals surface area contributed by atoms with E-state index in [1.165, 1.54) is 13.3 Å². The molecule has 1 unspecified atom stereocenters. The maximum atomic E-state index is 12.9. The van der Waals surface area contributed by atoms with Gasteiger partial charge in [-0.3, -0.25) is 4.79 Å². The summed E-state index contributed by atoms with van der Waals surface area (Å²) in [4.78, 5) is 19.8. The molecule has 0 aliphatic heterocycles. The third kappa shape index (κ3) is 2.59. The molecule has 1 atom stereocenters. The molecule has 0 saturated heterocycles. The zero-order chi connectivity index (χ0) is 18.5. The zero-order valence-corrected chi connectivity index (χ0v) is 13.6. The van der Waals surface area contributed by atoms with Gasteiger partial charge in [-0.1, -0.05) is 18.2 Å². The Morgan fingerprint density at radius 3 is 2.73 bits per heavy atom. The van der Waals surface area contributed by atoms with Gasteiger partial charge in [0.05, 0.1) is 18.4 Å². The first-order valence-electron chi connectivity index (χ1n) is 7.86. The molecule has 0 amide bonds. The van der Waals surface area contributed by atoms with Gasteiger partial charge in [-0.15, -0.1) is 5.10 Å². The standard InChI is InChI=1S/C17H13F3N4O2/c1-26-14-5-3-2-4-10(14)9-6-12-11(13(25)7-9)8-21-16-22-15(17(18,19)20)23-24(12)16/h2-5,8-9H,6-7H2,1H3. The molecule has 26 heavy (non-hydrogen) atoms. The first-order valence-corrected chi connectivity index (χ1v) is 7.86. The lowest BCUT2D eigenvalue weighted by atomic mass is 9.82. The average Bonchev–Trinajstić information content (AvgIpc) is 3.06. The summed E-state index contributed by atoms with van der Waals surface area (Å²) in [6, 6.07) is 7.28. The predicted molar refractivity (Wildman–Crippen MR) is 84.2 cm³/mol. The third-order valence-corrected chi connectivity index (χ3v) is 4.47. The van der Waals surface area contributed by atoms with Crippen molar-refractivity contribution in [3.05, 3.63) is 53.1 Å². The van der Waals surface area contributed by atoms with Crippen molar-refractivity contribution in [1.29, 1.82) is 0 Å². The summed E-state index contributed by atoms with van der Waals surface area (Å²) in [7, 11) is 1.53. The van der Waals surface area contributed by atoms with E-state index < -0.39 is 12.0 Å². The van der Waals surface area contributed by atoms with Gasteiger partial charge in [-0.2, -0.15) is 18.2 Å². The summed E-state index contributed by atoms with van der Waals surface area (Å²) < 4.78 is 45.2. The molecule has 1 aliphatic carbocycles. The fourth-order valence-corrected chi connectivity index (χ4v) is 3.29. The van der Waals surface area contributed by atoms with Crippen LogP contribution in [0.4, 0.5) is 13.2 Å². The van der Waals surface area contributed by atoms with E-state index in [2.05, 4.69) is 15.1 Å². The number of alkyl halides is 3. The van der Waals surface area contributed by atoms with E-state index in [1.807, 2.05) is 18.2 Å². The molecule has 0 radical (unpaired) electrons. The SMILES string of the molecule is COc1ccccc1C1CC(=O)c2cnc3nc(C(F)(F)F)nn3c2C1. The predicted octanol–water partition coefficient (Wildman–Crippen LogP) is 3.06. The minimum absolute atomic E-state index is 0.176. The van der Waals surface area contributed by atoms with Crippen LogP contribution in [0.3, 0.4) is 0 Å². The van der Waals surface area contributed by atoms with Crippen molar-refractivity contribution in [2.45, 2.75) is 24.9 Å². The Bertz CT molecular complexity index is 1010. The van der Waals surface area contributed by atoms with E-state index in [1.54, 1.807) is 6.07 Å². The fourth-order valence-electron chi connectivity index (χ4n) is 3.29. The van der Waals surface area contributed by atoms with Crippen LogP contribution in [0.1, 0.15) is 39.8 Å². The lowest BCUT2D eigenvalue weighted by Gasteiger charge is -2.25. The first-order chi connectivity index (χ1) is 12.4. The van der Waals surface area contributed by atoms with Gasteiger partial charge >= 0.3 is 6.18 Å². The lowest BCUT2D eigenvalue weighted by molar-refractivity contribution is -0.144. The Morgan fingerprint density at radius 1 is 1.23 bits per heavy atom. The van der Waals surface area contributed by atoms with Gasteiger partial charge in [-0.25, -0.2) is 9.50 Å². The number of para-hydroxylation sites is 1. The van der Waals surface area contributed by atoms with Crippen molar-refractivity contribution in [1.82, 2.24) is 19.6 Å². The number of carbonyl (C=O) groups is 1. The van der Waals surface area contributed by atoms with E-state index in [0.29, 0.717) is 17.9 Å². The molecule has 9 heteroatoms. The molecule has 0 bridgehead atoms. The topological polar surface area (TPSA) is 69.4 Å². The zero-order valence-electron chi connectivity index (χ0n) is 13.6. The maximum Gasteiger partial charge on any atom is 0.453 e. The summed E-state index contributed by atoms with van der Waals surface area (Å²) in [6.07, 6.45) is -2.84. The van der Waals surface area contributed by atoms with Crippen LogP contribution < -0.4 is 4.74 Å².